The van der Waals surface area contributed by atoms with Crippen molar-refractivity contribution in [1.29, 1.82) is 0 Å². The quantitative estimate of drug-likeness (QED) is 0.0893. The molecule has 0 aliphatic heterocycles. The Balaban J connectivity index is 1.51. The van der Waals surface area contributed by atoms with Crippen molar-refractivity contribution in [2.24, 2.45) is 0 Å². The fourth-order valence-electron chi connectivity index (χ4n) is 4.83. The van der Waals surface area contributed by atoms with Gasteiger partial charge in [-0.2, -0.15) is 0 Å². The molecule has 0 fully saturated rings. The molecule has 230 valence electrons. The molecule has 0 radical (unpaired) electrons. The average molecular weight is 597 g/mol. The third kappa shape index (κ3) is 18.4. The summed E-state index contributed by atoms with van der Waals surface area (Å²) in [6, 6.07) is 11.0. The lowest BCUT2D eigenvalue weighted by atomic mass is 10.1. The van der Waals surface area contributed by atoms with E-state index >= 15 is 0 Å². The second-order valence-electron chi connectivity index (χ2n) is 13.0. The maximum Gasteiger partial charge on any atom is 0.159 e. The molecule has 0 aliphatic rings. The number of unbranched alkanes of at least 4 members (excludes halogenated alkanes) is 13. The Kier molecular flexibility index (Phi) is 18.9. The van der Waals surface area contributed by atoms with Crippen molar-refractivity contribution < 1.29 is 9.47 Å². The van der Waals surface area contributed by atoms with Gasteiger partial charge in [0.2, 0.25) is 0 Å². The minimum Gasteiger partial charge on any atom is -0.494 e. The molecule has 1 aromatic carbocycles. The van der Waals surface area contributed by atoms with Crippen molar-refractivity contribution in [3.63, 3.8) is 0 Å². The third-order valence-electron chi connectivity index (χ3n) is 7.55. The van der Waals surface area contributed by atoms with Gasteiger partial charge in [-0.3, -0.25) is 0 Å². The summed E-state index contributed by atoms with van der Waals surface area (Å²) in [6.07, 6.45) is 23.3. The minimum atomic E-state index is -0.903. The maximum absolute atomic E-state index is 5.94. The average Bonchev–Trinajstić information content (AvgIpc) is 2.96. The van der Waals surface area contributed by atoms with Gasteiger partial charge in [-0.15, -0.1) is 5.67 Å². The zero-order chi connectivity index (χ0) is 29.6. The van der Waals surface area contributed by atoms with Gasteiger partial charge in [0, 0.05) is 22.0 Å². The van der Waals surface area contributed by atoms with E-state index in [1.165, 1.54) is 95.6 Å². The molecule has 0 atom stereocenters. The fourth-order valence-corrected chi connectivity index (χ4v) is 9.68. The molecule has 6 heteroatoms. The second-order valence-corrected chi connectivity index (χ2v) is 21.1. The summed E-state index contributed by atoms with van der Waals surface area (Å²) in [6.45, 7) is 13.7. The van der Waals surface area contributed by atoms with Gasteiger partial charge >= 0.3 is 0 Å². The Labute approximate surface area is 255 Å². The van der Waals surface area contributed by atoms with E-state index < -0.39 is 8.07 Å². The summed E-state index contributed by atoms with van der Waals surface area (Å²) < 4.78 is 11.8. The van der Waals surface area contributed by atoms with Crippen LogP contribution in [-0.2, 0) is 0 Å². The topological polar surface area (TPSA) is 44.2 Å². The number of hydrogen-bond acceptors (Lipinski definition) is 4. The summed E-state index contributed by atoms with van der Waals surface area (Å²) in [4.78, 5) is 9.04. The SMILES string of the molecule is CCCCCCCCCCCOc1ccc(-c2ncc(OCCCCCCCC/[Si](C)=C\C[Si](C)(C)C)cn2)cc1. The van der Waals surface area contributed by atoms with Gasteiger partial charge in [0.1, 0.15) is 5.75 Å². The number of nitrogens with zero attached hydrogens (tertiary/aromatic N) is 2. The van der Waals surface area contributed by atoms with Crippen molar-refractivity contribution in [3.8, 4) is 22.9 Å². The van der Waals surface area contributed by atoms with E-state index in [1.54, 1.807) is 12.4 Å². The Morgan fingerprint density at radius 3 is 1.68 bits per heavy atom. The first-order chi connectivity index (χ1) is 19.9. The molecule has 0 amide bonds. The standard InChI is InChI=1S/C35H60N2O2Si2/c1-6-7-8-9-10-11-12-15-18-25-38-33-23-21-32(22-24-33)35-36-30-34(31-37-35)39-26-19-16-13-14-17-20-27-40(2)28-29-41(3,4)5/h21-24,28,30-31H,6-20,25-27,29H2,1-5H3/b40-28-. The van der Waals surface area contributed by atoms with Gasteiger partial charge < -0.3 is 9.47 Å². The Morgan fingerprint density at radius 1 is 0.659 bits per heavy atom. The van der Waals surface area contributed by atoms with Gasteiger partial charge in [-0.1, -0.05) is 117 Å². The summed E-state index contributed by atoms with van der Waals surface area (Å²) in [5, 5.41) is 0. The summed E-state index contributed by atoms with van der Waals surface area (Å²) in [5.74, 6) is 2.39. The molecule has 1 heterocycles. The maximum atomic E-state index is 5.94. The molecule has 2 rings (SSSR count). The predicted molar refractivity (Wildman–Crippen MR) is 184 cm³/mol. The smallest absolute Gasteiger partial charge is 0.159 e. The van der Waals surface area contributed by atoms with Crippen LogP contribution in [0.2, 0.25) is 38.3 Å². The molecule has 0 saturated heterocycles. The van der Waals surface area contributed by atoms with E-state index in [4.69, 9.17) is 9.47 Å². The van der Waals surface area contributed by atoms with Gasteiger partial charge in [0.15, 0.2) is 11.6 Å². The van der Waals surface area contributed by atoms with Crippen LogP contribution in [0.1, 0.15) is 103 Å². The van der Waals surface area contributed by atoms with Crippen LogP contribution in [0, 0.1) is 0 Å². The van der Waals surface area contributed by atoms with E-state index in [-0.39, 0.29) is 8.41 Å². The van der Waals surface area contributed by atoms with E-state index in [2.05, 4.69) is 48.8 Å². The molecule has 0 unspecified atom stereocenters. The summed E-state index contributed by atoms with van der Waals surface area (Å²) in [5.41, 5.74) is 3.67. The number of benzene rings is 1. The zero-order valence-corrected chi connectivity index (χ0v) is 29.2. The molecule has 41 heavy (non-hydrogen) atoms. The van der Waals surface area contributed by atoms with Crippen molar-refractivity contribution in [1.82, 2.24) is 9.97 Å². The van der Waals surface area contributed by atoms with Crippen molar-refractivity contribution in [2.75, 3.05) is 13.2 Å². The van der Waals surface area contributed by atoms with Gasteiger partial charge in [-0.05, 0) is 49.2 Å². The van der Waals surface area contributed by atoms with Crippen LogP contribution in [0.3, 0.4) is 0 Å². The third-order valence-corrected chi connectivity index (χ3v) is 11.4. The minimum absolute atomic E-state index is 0.214. The van der Waals surface area contributed by atoms with Crippen LogP contribution >= 0.6 is 0 Å². The molecule has 0 aliphatic carbocycles. The van der Waals surface area contributed by atoms with Crippen LogP contribution in [0.15, 0.2) is 36.7 Å². The Bertz CT molecular complexity index is 940. The lowest BCUT2D eigenvalue weighted by molar-refractivity contribution is 0.302. The number of ether oxygens (including phenoxy) is 2. The number of rotatable bonds is 24. The summed E-state index contributed by atoms with van der Waals surface area (Å²) in [7, 11) is -1.12. The largest absolute Gasteiger partial charge is 0.494 e. The molecule has 0 bridgehead atoms. The van der Waals surface area contributed by atoms with E-state index in [1.807, 2.05) is 24.3 Å². The molecule has 0 N–H and O–H groups in total. The van der Waals surface area contributed by atoms with E-state index in [9.17, 15) is 0 Å². The molecule has 0 saturated carbocycles. The number of aromatic nitrogens is 2. The van der Waals surface area contributed by atoms with Crippen LogP contribution in [0.25, 0.3) is 11.4 Å². The highest BCUT2D eigenvalue weighted by Crippen LogP contribution is 2.21. The first-order valence-electron chi connectivity index (χ1n) is 16.7. The van der Waals surface area contributed by atoms with Crippen LogP contribution < -0.4 is 9.47 Å². The van der Waals surface area contributed by atoms with Crippen molar-refractivity contribution >= 4 is 22.2 Å². The summed E-state index contributed by atoms with van der Waals surface area (Å²) >= 11 is 0. The molecule has 0 spiro atoms. The molecule has 4 nitrogen and oxygen atoms in total. The van der Waals surface area contributed by atoms with Gasteiger partial charge in [0.25, 0.3) is 0 Å². The predicted octanol–water partition coefficient (Wildman–Crippen LogP) is 10.6. The van der Waals surface area contributed by atoms with Crippen LogP contribution in [-0.4, -0.2) is 45.3 Å². The molecular weight excluding hydrogens is 537 g/mol. The second kappa shape index (κ2) is 21.8. The monoisotopic (exact) mass is 596 g/mol. The normalized spacial score (nSPS) is 12.1. The lowest BCUT2D eigenvalue weighted by Gasteiger charge is -2.13. The first kappa shape index (κ1) is 35.4. The highest BCUT2D eigenvalue weighted by Gasteiger charge is 2.10. The van der Waals surface area contributed by atoms with Gasteiger partial charge in [0.05, 0.1) is 25.6 Å². The van der Waals surface area contributed by atoms with Crippen molar-refractivity contribution in [2.45, 2.75) is 142 Å². The zero-order valence-electron chi connectivity index (χ0n) is 27.2. The molecule has 1 aromatic heterocycles. The molecular formula is C35H60N2O2Si2. The highest BCUT2D eigenvalue weighted by molar-refractivity contribution is 6.82. The van der Waals surface area contributed by atoms with Crippen LogP contribution in [0.5, 0.6) is 11.5 Å². The van der Waals surface area contributed by atoms with E-state index in [0.29, 0.717) is 0 Å². The Hall–Kier alpha value is -1.80. The van der Waals surface area contributed by atoms with Crippen LogP contribution in [0.4, 0.5) is 0 Å². The van der Waals surface area contributed by atoms with Gasteiger partial charge in [-0.25, -0.2) is 9.97 Å². The van der Waals surface area contributed by atoms with Crippen molar-refractivity contribution in [3.05, 3.63) is 36.7 Å². The Morgan fingerprint density at radius 2 is 1.15 bits per heavy atom. The fraction of sp³-hybridized carbons (Fsp3) is 0.686. The highest BCUT2D eigenvalue weighted by atomic mass is 28.3. The first-order valence-corrected chi connectivity index (χ1v) is 22.7. The lowest BCUT2D eigenvalue weighted by Crippen LogP contribution is -2.21. The van der Waals surface area contributed by atoms with E-state index in [0.717, 1.165) is 48.9 Å². The number of hydrogen-bond donors (Lipinski definition) is 0. The molecule has 2 aromatic rings.